The maximum absolute atomic E-state index is 12.3. The van der Waals surface area contributed by atoms with Crippen LogP contribution in [-0.2, 0) is 4.74 Å². The molecule has 1 N–H and O–H groups in total. The highest BCUT2D eigenvalue weighted by Crippen LogP contribution is 2.22. The number of aryl methyl sites for hydroxylation is 1. The van der Waals surface area contributed by atoms with Gasteiger partial charge >= 0.3 is 0 Å². The summed E-state index contributed by atoms with van der Waals surface area (Å²) in [6, 6.07) is 34.9. The molecule has 0 saturated heterocycles. The van der Waals surface area contributed by atoms with Crippen LogP contribution in [0.4, 0.5) is 0 Å². The Morgan fingerprint density at radius 1 is 0.647 bits per heavy atom. The molecular formula is C30H28O4. The van der Waals surface area contributed by atoms with Crippen LogP contribution in [-0.4, -0.2) is 23.8 Å². The Kier molecular flexibility index (Phi) is 9.04. The van der Waals surface area contributed by atoms with Crippen LogP contribution in [0.5, 0.6) is 0 Å². The van der Waals surface area contributed by atoms with Gasteiger partial charge in [-0.05, 0) is 23.6 Å². The first-order valence-electron chi connectivity index (χ1n) is 11.0. The summed E-state index contributed by atoms with van der Waals surface area (Å²) in [4.78, 5) is 24.3. The average molecular weight is 453 g/mol. The lowest BCUT2D eigenvalue weighted by Gasteiger charge is -2.14. The van der Waals surface area contributed by atoms with Gasteiger partial charge in [0, 0.05) is 18.2 Å². The number of aliphatic hydroxyl groups is 1. The minimum atomic E-state index is -1.08. The lowest BCUT2D eigenvalue weighted by Crippen LogP contribution is -2.14. The van der Waals surface area contributed by atoms with Crippen LogP contribution in [0.15, 0.2) is 115 Å². The third kappa shape index (κ3) is 6.35. The lowest BCUT2D eigenvalue weighted by molar-refractivity contribution is 0.0604. The highest BCUT2D eigenvalue weighted by atomic mass is 16.5. The minimum Gasteiger partial charge on any atom is -0.380 e. The van der Waals surface area contributed by atoms with Crippen molar-refractivity contribution in [2.45, 2.75) is 19.1 Å². The highest BCUT2D eigenvalue weighted by Gasteiger charge is 2.21. The van der Waals surface area contributed by atoms with E-state index in [0.29, 0.717) is 16.7 Å². The molecule has 4 aromatic carbocycles. The number of rotatable bonds is 7. The standard InChI is InChI=1S/2C15H14O2/c1-17-15(13-10-6-3-7-11-13)14(16)12-8-4-2-5-9-12;1-11-7-5-6-10-13(11)15(17)14(16)12-8-3-2-4-9-12/h2-11,15H,1H3;2-10,15,17H,1H3. The molecule has 2 unspecified atom stereocenters. The Hall–Kier alpha value is -3.86. The van der Waals surface area contributed by atoms with Gasteiger partial charge in [0.25, 0.3) is 0 Å². The zero-order valence-electron chi connectivity index (χ0n) is 19.3. The van der Waals surface area contributed by atoms with E-state index in [1.54, 1.807) is 49.6 Å². The number of methoxy groups -OCH3 is 1. The molecule has 4 heteroatoms. The topological polar surface area (TPSA) is 63.6 Å². The molecule has 4 rings (SSSR count). The van der Waals surface area contributed by atoms with E-state index in [1.807, 2.05) is 79.7 Å². The zero-order chi connectivity index (χ0) is 24.3. The summed E-state index contributed by atoms with van der Waals surface area (Å²) >= 11 is 0. The van der Waals surface area contributed by atoms with E-state index >= 15 is 0 Å². The first-order chi connectivity index (χ1) is 16.5. The van der Waals surface area contributed by atoms with Crippen LogP contribution in [0.25, 0.3) is 0 Å². The lowest BCUT2D eigenvalue weighted by atomic mass is 9.97. The molecule has 0 aliphatic heterocycles. The van der Waals surface area contributed by atoms with Gasteiger partial charge in [0.05, 0.1) is 0 Å². The third-order valence-corrected chi connectivity index (χ3v) is 5.42. The molecule has 172 valence electrons. The largest absolute Gasteiger partial charge is 0.380 e. The summed E-state index contributed by atoms with van der Waals surface area (Å²) < 4.78 is 5.30. The molecule has 0 bridgehead atoms. The molecule has 0 aliphatic carbocycles. The van der Waals surface area contributed by atoms with Crippen molar-refractivity contribution < 1.29 is 19.4 Å². The van der Waals surface area contributed by atoms with Gasteiger partial charge in [-0.3, -0.25) is 9.59 Å². The Bertz CT molecular complexity index is 1190. The monoisotopic (exact) mass is 452 g/mol. The molecule has 0 fully saturated rings. The number of Topliss-reactive ketones (excluding diaryl/α,β-unsaturated/α-hetero) is 2. The third-order valence-electron chi connectivity index (χ3n) is 5.42. The van der Waals surface area contributed by atoms with Gasteiger partial charge in [-0.15, -0.1) is 0 Å². The Morgan fingerprint density at radius 3 is 1.59 bits per heavy atom. The van der Waals surface area contributed by atoms with Crippen molar-refractivity contribution >= 4 is 11.6 Å². The van der Waals surface area contributed by atoms with E-state index in [4.69, 9.17) is 4.74 Å². The maximum atomic E-state index is 12.3. The van der Waals surface area contributed by atoms with Crippen LogP contribution in [0.3, 0.4) is 0 Å². The van der Waals surface area contributed by atoms with Crippen LogP contribution in [0, 0.1) is 6.92 Å². The molecule has 0 saturated carbocycles. The Labute approximate surface area is 200 Å². The van der Waals surface area contributed by atoms with Crippen LogP contribution in [0.2, 0.25) is 0 Å². The van der Waals surface area contributed by atoms with Crippen LogP contribution in [0.1, 0.15) is 49.6 Å². The molecule has 4 aromatic rings. The van der Waals surface area contributed by atoms with Gasteiger partial charge in [0.1, 0.15) is 12.2 Å². The Morgan fingerprint density at radius 2 is 1.09 bits per heavy atom. The second-order valence-electron chi connectivity index (χ2n) is 7.75. The Balaban J connectivity index is 0.000000191. The van der Waals surface area contributed by atoms with E-state index in [9.17, 15) is 14.7 Å². The normalized spacial score (nSPS) is 12.1. The molecule has 0 spiro atoms. The summed E-state index contributed by atoms with van der Waals surface area (Å²) in [6.07, 6.45) is -1.61. The van der Waals surface area contributed by atoms with Crippen molar-refractivity contribution in [1.82, 2.24) is 0 Å². The summed E-state index contributed by atoms with van der Waals surface area (Å²) in [7, 11) is 1.55. The number of benzene rings is 4. The van der Waals surface area contributed by atoms with Crippen molar-refractivity contribution in [1.29, 1.82) is 0 Å². The molecule has 0 amide bonds. The molecular weight excluding hydrogens is 424 g/mol. The summed E-state index contributed by atoms with van der Waals surface area (Å²) in [6.45, 7) is 1.89. The van der Waals surface area contributed by atoms with E-state index in [-0.39, 0.29) is 11.6 Å². The SMILES string of the molecule is COC(C(=O)c1ccccc1)c1ccccc1.Cc1ccccc1C(O)C(=O)c1ccccc1. The van der Waals surface area contributed by atoms with Crippen molar-refractivity contribution in [2.24, 2.45) is 0 Å². The van der Waals surface area contributed by atoms with Gasteiger partial charge in [-0.2, -0.15) is 0 Å². The maximum Gasteiger partial charge on any atom is 0.196 e. The summed E-state index contributed by atoms with van der Waals surface area (Å²) in [5.41, 5.74) is 3.67. The van der Waals surface area contributed by atoms with Gasteiger partial charge in [0.15, 0.2) is 11.6 Å². The van der Waals surface area contributed by atoms with Gasteiger partial charge < -0.3 is 9.84 Å². The molecule has 2 atom stereocenters. The molecule has 4 nitrogen and oxygen atoms in total. The van der Waals surface area contributed by atoms with E-state index in [0.717, 1.165) is 11.1 Å². The highest BCUT2D eigenvalue weighted by molar-refractivity contribution is 6.00. The number of aliphatic hydroxyl groups excluding tert-OH is 1. The molecule has 0 aromatic heterocycles. The first-order valence-corrected chi connectivity index (χ1v) is 11.0. The number of hydrogen-bond donors (Lipinski definition) is 1. The number of ether oxygens (including phenoxy) is 1. The average Bonchev–Trinajstić information content (AvgIpc) is 2.90. The van der Waals surface area contributed by atoms with Crippen molar-refractivity contribution in [2.75, 3.05) is 7.11 Å². The number of ketones is 2. The van der Waals surface area contributed by atoms with Gasteiger partial charge in [-0.1, -0.05) is 115 Å². The molecule has 0 heterocycles. The van der Waals surface area contributed by atoms with Crippen molar-refractivity contribution in [3.63, 3.8) is 0 Å². The van der Waals surface area contributed by atoms with Gasteiger partial charge in [-0.25, -0.2) is 0 Å². The second kappa shape index (κ2) is 12.4. The van der Waals surface area contributed by atoms with Crippen molar-refractivity contribution in [3.8, 4) is 0 Å². The van der Waals surface area contributed by atoms with Crippen LogP contribution >= 0.6 is 0 Å². The van der Waals surface area contributed by atoms with Crippen LogP contribution < -0.4 is 0 Å². The summed E-state index contributed by atoms with van der Waals surface area (Å²) in [5, 5.41) is 10.1. The van der Waals surface area contributed by atoms with E-state index in [1.165, 1.54) is 0 Å². The van der Waals surface area contributed by atoms with Crippen molar-refractivity contribution in [3.05, 3.63) is 143 Å². The first kappa shape index (κ1) is 24.8. The minimum absolute atomic E-state index is 0.0145. The predicted molar refractivity (Wildman–Crippen MR) is 134 cm³/mol. The fourth-order valence-electron chi connectivity index (χ4n) is 3.57. The zero-order valence-corrected chi connectivity index (χ0v) is 19.3. The summed E-state index contributed by atoms with van der Waals surface area (Å²) in [5.74, 6) is -0.279. The fourth-order valence-corrected chi connectivity index (χ4v) is 3.57. The smallest absolute Gasteiger partial charge is 0.196 e. The van der Waals surface area contributed by atoms with E-state index in [2.05, 4.69) is 0 Å². The number of hydrogen-bond acceptors (Lipinski definition) is 4. The molecule has 34 heavy (non-hydrogen) atoms. The van der Waals surface area contributed by atoms with E-state index < -0.39 is 12.2 Å². The number of carbonyl (C=O) groups excluding carboxylic acids is 2. The quantitative estimate of drug-likeness (QED) is 0.341. The molecule has 0 radical (unpaired) electrons. The number of carbonyl (C=O) groups is 2. The fraction of sp³-hybridized carbons (Fsp3) is 0.133. The van der Waals surface area contributed by atoms with Gasteiger partial charge in [0.2, 0.25) is 0 Å². The predicted octanol–water partition coefficient (Wildman–Crippen LogP) is 6.17. The molecule has 0 aliphatic rings. The second-order valence-corrected chi connectivity index (χ2v) is 7.75.